The quantitative estimate of drug-likeness (QED) is 0.665. The lowest BCUT2D eigenvalue weighted by atomic mass is 9.74. The molecule has 1 aliphatic rings. The molecule has 0 saturated carbocycles. The zero-order valence-electron chi connectivity index (χ0n) is 14.5. The summed E-state index contributed by atoms with van der Waals surface area (Å²) in [6.45, 7) is 7.87. The third-order valence-electron chi connectivity index (χ3n) is 4.33. The van der Waals surface area contributed by atoms with E-state index in [2.05, 4.69) is 4.98 Å². The SMILES string of the molecule is CN(C)/C=C(/B1OC(C)(C)C(C)(C)O1)c1cc(C=O)[nH]c1C=O. The van der Waals surface area contributed by atoms with Crippen LogP contribution in [-0.2, 0) is 9.31 Å². The highest BCUT2D eigenvalue weighted by molar-refractivity contribution is 6.69. The molecule has 6 nitrogen and oxygen atoms in total. The second-order valence-electron chi connectivity index (χ2n) is 6.92. The number of aromatic nitrogens is 1. The summed E-state index contributed by atoms with van der Waals surface area (Å²) in [6, 6.07) is 1.64. The molecule has 0 atom stereocenters. The maximum absolute atomic E-state index is 11.3. The van der Waals surface area contributed by atoms with Gasteiger partial charge in [0.05, 0.1) is 22.6 Å². The van der Waals surface area contributed by atoms with Crippen LogP contribution in [0, 0.1) is 0 Å². The summed E-state index contributed by atoms with van der Waals surface area (Å²) in [5.74, 6) is 0. The zero-order chi connectivity index (χ0) is 17.4. The van der Waals surface area contributed by atoms with Gasteiger partial charge in [0.1, 0.15) is 0 Å². The third-order valence-corrected chi connectivity index (χ3v) is 4.33. The highest BCUT2D eigenvalue weighted by Crippen LogP contribution is 2.41. The Morgan fingerprint density at radius 2 is 1.70 bits per heavy atom. The van der Waals surface area contributed by atoms with Gasteiger partial charge in [-0.05, 0) is 40.0 Å². The fourth-order valence-electron chi connectivity index (χ4n) is 2.39. The van der Waals surface area contributed by atoms with Crippen molar-refractivity contribution in [3.05, 3.63) is 29.2 Å². The minimum Gasteiger partial charge on any atom is -0.399 e. The number of aldehydes is 2. The molecular formula is C16H23BN2O4. The van der Waals surface area contributed by atoms with Gasteiger partial charge in [-0.1, -0.05) is 0 Å². The first-order valence-corrected chi connectivity index (χ1v) is 7.49. The number of carbonyl (C=O) groups excluding carboxylic acids is 2. The Bertz CT molecular complexity index is 631. The molecule has 23 heavy (non-hydrogen) atoms. The standard InChI is InChI=1S/C16H23BN2O4/c1-15(2)16(3,4)23-17(22-15)13(8-19(5)6)12-7-11(9-20)18-14(12)10-21/h7-10,18H,1-6H3/b13-8+. The third kappa shape index (κ3) is 3.25. The van der Waals surface area contributed by atoms with Crippen molar-refractivity contribution in [1.29, 1.82) is 0 Å². The van der Waals surface area contributed by atoms with Gasteiger partial charge >= 0.3 is 7.12 Å². The van der Waals surface area contributed by atoms with E-state index in [9.17, 15) is 9.59 Å². The van der Waals surface area contributed by atoms with Gasteiger partial charge < -0.3 is 19.2 Å². The number of nitrogens with zero attached hydrogens (tertiary/aromatic N) is 1. The van der Waals surface area contributed by atoms with E-state index in [0.717, 1.165) is 0 Å². The van der Waals surface area contributed by atoms with Gasteiger partial charge in [0.25, 0.3) is 0 Å². The lowest BCUT2D eigenvalue weighted by Gasteiger charge is -2.32. The topological polar surface area (TPSA) is 71.6 Å². The number of rotatable bonds is 5. The Morgan fingerprint density at radius 3 is 2.13 bits per heavy atom. The molecular weight excluding hydrogens is 295 g/mol. The van der Waals surface area contributed by atoms with E-state index in [1.54, 1.807) is 6.07 Å². The maximum atomic E-state index is 11.3. The average molecular weight is 318 g/mol. The Balaban J connectivity index is 2.51. The van der Waals surface area contributed by atoms with Crippen LogP contribution in [0.3, 0.4) is 0 Å². The molecule has 124 valence electrons. The van der Waals surface area contributed by atoms with E-state index in [1.165, 1.54) is 0 Å². The normalized spacial score (nSPS) is 19.7. The summed E-state index contributed by atoms with van der Waals surface area (Å²) in [7, 11) is 3.12. The highest BCUT2D eigenvalue weighted by Gasteiger charge is 2.53. The average Bonchev–Trinajstić information content (AvgIpc) is 2.94. The second-order valence-corrected chi connectivity index (χ2v) is 6.92. The molecule has 2 heterocycles. The molecule has 0 aliphatic carbocycles. The molecule has 0 unspecified atom stereocenters. The summed E-state index contributed by atoms with van der Waals surface area (Å²) in [5.41, 5.74) is 0.982. The Kier molecular flexibility index (Phi) is 4.55. The van der Waals surface area contributed by atoms with Crippen LogP contribution in [0.2, 0.25) is 0 Å². The van der Waals surface area contributed by atoms with E-state index < -0.39 is 18.3 Å². The number of hydrogen-bond donors (Lipinski definition) is 1. The largest absolute Gasteiger partial charge is 0.497 e. The van der Waals surface area contributed by atoms with E-state index in [1.807, 2.05) is 52.9 Å². The van der Waals surface area contributed by atoms with Crippen molar-refractivity contribution in [2.45, 2.75) is 38.9 Å². The number of aromatic amines is 1. The molecule has 1 N–H and O–H groups in total. The number of hydrogen-bond acceptors (Lipinski definition) is 5. The van der Waals surface area contributed by atoms with Gasteiger partial charge in [0, 0.05) is 25.1 Å². The molecule has 2 rings (SSSR count). The van der Waals surface area contributed by atoms with Crippen LogP contribution in [0.1, 0.15) is 54.2 Å². The van der Waals surface area contributed by atoms with Crippen molar-refractivity contribution in [3.63, 3.8) is 0 Å². The van der Waals surface area contributed by atoms with Gasteiger partial charge in [-0.3, -0.25) is 9.59 Å². The number of nitrogens with one attached hydrogen (secondary N) is 1. The van der Waals surface area contributed by atoms with Crippen LogP contribution in [0.15, 0.2) is 12.3 Å². The highest BCUT2D eigenvalue weighted by atomic mass is 16.7. The van der Waals surface area contributed by atoms with Crippen molar-refractivity contribution in [2.75, 3.05) is 14.1 Å². The van der Waals surface area contributed by atoms with Crippen LogP contribution in [0.25, 0.3) is 5.47 Å². The molecule has 1 saturated heterocycles. The monoisotopic (exact) mass is 318 g/mol. The first kappa shape index (κ1) is 17.5. The minimum atomic E-state index is -0.628. The van der Waals surface area contributed by atoms with Gasteiger partial charge in [0.15, 0.2) is 12.6 Å². The fraction of sp³-hybridized carbons (Fsp3) is 0.500. The molecule has 1 aromatic heterocycles. The predicted molar refractivity (Wildman–Crippen MR) is 89.3 cm³/mol. The Labute approximate surface area is 137 Å². The molecule has 0 spiro atoms. The summed E-state index contributed by atoms with van der Waals surface area (Å²) in [5, 5.41) is 0. The van der Waals surface area contributed by atoms with Crippen LogP contribution < -0.4 is 0 Å². The molecule has 0 amide bonds. The van der Waals surface area contributed by atoms with Gasteiger partial charge in [-0.2, -0.15) is 0 Å². The van der Waals surface area contributed by atoms with Crippen LogP contribution in [0.5, 0.6) is 0 Å². The minimum absolute atomic E-state index is 0.329. The summed E-state index contributed by atoms with van der Waals surface area (Å²) in [4.78, 5) is 27.0. The lowest BCUT2D eigenvalue weighted by molar-refractivity contribution is 0.00578. The fourth-order valence-corrected chi connectivity index (χ4v) is 2.39. The van der Waals surface area contributed by atoms with E-state index in [4.69, 9.17) is 9.31 Å². The molecule has 1 fully saturated rings. The van der Waals surface area contributed by atoms with E-state index in [0.29, 0.717) is 35.0 Å². The van der Waals surface area contributed by atoms with Gasteiger partial charge in [-0.25, -0.2) is 0 Å². The molecule has 0 bridgehead atoms. The van der Waals surface area contributed by atoms with Crippen molar-refractivity contribution in [2.24, 2.45) is 0 Å². The first-order chi connectivity index (χ1) is 10.6. The molecule has 0 aromatic carbocycles. The lowest BCUT2D eigenvalue weighted by Crippen LogP contribution is -2.41. The van der Waals surface area contributed by atoms with Gasteiger partial charge in [-0.15, -0.1) is 0 Å². The maximum Gasteiger partial charge on any atom is 0.497 e. The molecule has 1 aromatic rings. The van der Waals surface area contributed by atoms with E-state index >= 15 is 0 Å². The zero-order valence-corrected chi connectivity index (χ0v) is 14.5. The summed E-state index contributed by atoms with van der Waals surface area (Å²) < 4.78 is 12.2. The molecule has 7 heteroatoms. The van der Waals surface area contributed by atoms with Crippen LogP contribution in [-0.4, -0.2) is 54.9 Å². The van der Waals surface area contributed by atoms with Crippen LogP contribution >= 0.6 is 0 Å². The summed E-state index contributed by atoms with van der Waals surface area (Å²) >= 11 is 0. The Morgan fingerprint density at radius 1 is 1.13 bits per heavy atom. The van der Waals surface area contributed by atoms with Crippen molar-refractivity contribution in [1.82, 2.24) is 9.88 Å². The van der Waals surface area contributed by atoms with Gasteiger partial charge in [0.2, 0.25) is 0 Å². The van der Waals surface area contributed by atoms with Crippen LogP contribution in [0.4, 0.5) is 0 Å². The number of H-pyrrole nitrogens is 1. The first-order valence-electron chi connectivity index (χ1n) is 7.49. The number of carbonyl (C=O) groups is 2. The van der Waals surface area contributed by atoms with Crippen molar-refractivity contribution < 1.29 is 18.9 Å². The molecule has 1 aliphatic heterocycles. The summed E-state index contributed by atoms with van der Waals surface area (Å²) in [6.07, 6.45) is 3.21. The second kappa shape index (κ2) is 5.98. The Hall–Kier alpha value is -1.86. The predicted octanol–water partition coefficient (Wildman–Crippen LogP) is 2.17. The van der Waals surface area contributed by atoms with E-state index in [-0.39, 0.29) is 0 Å². The smallest absolute Gasteiger partial charge is 0.399 e. The van der Waals surface area contributed by atoms with Crippen molar-refractivity contribution in [3.8, 4) is 0 Å². The van der Waals surface area contributed by atoms with Crippen molar-refractivity contribution >= 4 is 25.2 Å². The molecule has 0 radical (unpaired) electrons.